The molecule has 1 unspecified atom stereocenters. The highest BCUT2D eigenvalue weighted by atomic mass is 16.3. The Morgan fingerprint density at radius 2 is 0.964 bits per heavy atom. The number of hydrogen-bond acceptors (Lipinski definition) is 3. The Balaban J connectivity index is 1.18. The summed E-state index contributed by atoms with van der Waals surface area (Å²) in [5.74, 6) is -0.131. The maximum absolute atomic E-state index is 7.05. The highest BCUT2D eigenvalue weighted by molar-refractivity contribution is 6.17. The van der Waals surface area contributed by atoms with Crippen LogP contribution in [0.15, 0.2) is 215 Å². The fraction of sp³-hybridized carbons (Fsp3) is 0.0189. The van der Waals surface area contributed by atoms with Gasteiger partial charge in [0.2, 0.25) is 0 Å². The van der Waals surface area contributed by atoms with Crippen LogP contribution in [0.4, 0.5) is 17.1 Å². The van der Waals surface area contributed by atoms with Crippen molar-refractivity contribution in [2.75, 3.05) is 4.90 Å². The van der Waals surface area contributed by atoms with Crippen LogP contribution in [0.3, 0.4) is 0 Å². The number of furan rings is 2. The second-order valence-corrected chi connectivity index (χ2v) is 14.5. The van der Waals surface area contributed by atoms with Crippen molar-refractivity contribution in [1.82, 2.24) is 0 Å². The van der Waals surface area contributed by atoms with Gasteiger partial charge in [0, 0.05) is 56.0 Å². The Hall–Kier alpha value is -7.36. The molecular formula is C53H35NO2. The fourth-order valence-electron chi connectivity index (χ4n) is 8.60. The third-order valence-electron chi connectivity index (χ3n) is 11.1. The maximum Gasteiger partial charge on any atom is 0.143 e. The second kappa shape index (κ2) is 13.2. The van der Waals surface area contributed by atoms with Gasteiger partial charge in [-0.1, -0.05) is 146 Å². The zero-order chi connectivity index (χ0) is 37.0. The van der Waals surface area contributed by atoms with Gasteiger partial charge in [0.25, 0.3) is 0 Å². The van der Waals surface area contributed by atoms with E-state index in [-0.39, 0.29) is 5.92 Å². The second-order valence-electron chi connectivity index (χ2n) is 14.5. The number of para-hydroxylation sites is 3. The first-order chi connectivity index (χ1) is 27.8. The van der Waals surface area contributed by atoms with E-state index < -0.39 is 0 Å². The van der Waals surface area contributed by atoms with E-state index >= 15 is 0 Å². The van der Waals surface area contributed by atoms with E-state index in [1.165, 1.54) is 22.3 Å². The molecular weight excluding hydrogens is 683 g/mol. The molecule has 3 heteroatoms. The SMILES string of the molecule is c1ccc(-c2cccc(C(c3ccc4c(c3)oc3ccccc34)c3cc4ccccc4c4oc5cc(N(c6ccccc6)c6ccccc6)ccc5c34)c2)cc1. The van der Waals surface area contributed by atoms with E-state index in [4.69, 9.17) is 8.83 Å². The van der Waals surface area contributed by atoms with Crippen molar-refractivity contribution in [3.63, 3.8) is 0 Å². The molecule has 0 fully saturated rings. The van der Waals surface area contributed by atoms with Crippen LogP contribution in [-0.4, -0.2) is 0 Å². The van der Waals surface area contributed by atoms with Gasteiger partial charge in [-0.15, -0.1) is 0 Å². The largest absolute Gasteiger partial charge is 0.456 e. The standard InChI is InChI=1S/C53H35NO2/c1-4-15-35(16-5-1)36-18-14-19-38(31-36)51(39-27-29-45-44-25-12-13-26-48(44)55-49(45)33-39)47-32-37-17-10-11-24-43(37)53-52(47)46-30-28-42(34-50(46)56-53)54(40-20-6-2-7-21-40)41-22-8-3-9-23-41/h1-34,51H. The van der Waals surface area contributed by atoms with Crippen molar-refractivity contribution < 1.29 is 8.83 Å². The maximum atomic E-state index is 7.05. The van der Waals surface area contributed by atoms with Crippen molar-refractivity contribution in [2.45, 2.75) is 5.92 Å². The minimum Gasteiger partial charge on any atom is -0.456 e. The topological polar surface area (TPSA) is 29.5 Å². The Bertz CT molecular complexity index is 3160. The lowest BCUT2D eigenvalue weighted by atomic mass is 9.81. The molecule has 0 saturated carbocycles. The van der Waals surface area contributed by atoms with Crippen LogP contribution in [0.25, 0.3) is 65.8 Å². The van der Waals surface area contributed by atoms with Crippen LogP contribution in [0.2, 0.25) is 0 Å². The molecule has 0 aliphatic heterocycles. The van der Waals surface area contributed by atoms with Crippen LogP contribution in [0, 0.1) is 0 Å². The van der Waals surface area contributed by atoms with Crippen molar-refractivity contribution in [1.29, 1.82) is 0 Å². The number of hydrogen-bond donors (Lipinski definition) is 0. The van der Waals surface area contributed by atoms with Gasteiger partial charge < -0.3 is 13.7 Å². The van der Waals surface area contributed by atoms with Gasteiger partial charge >= 0.3 is 0 Å². The lowest BCUT2D eigenvalue weighted by Gasteiger charge is -2.25. The van der Waals surface area contributed by atoms with E-state index in [1.54, 1.807) is 0 Å². The van der Waals surface area contributed by atoms with Crippen LogP contribution in [0.5, 0.6) is 0 Å². The lowest BCUT2D eigenvalue weighted by Crippen LogP contribution is -2.09. The Kier molecular flexibility index (Phi) is 7.56. The van der Waals surface area contributed by atoms with Crippen molar-refractivity contribution >= 4 is 71.7 Å². The summed E-state index contributed by atoms with van der Waals surface area (Å²) in [5.41, 5.74) is 12.6. The monoisotopic (exact) mass is 717 g/mol. The molecule has 0 bridgehead atoms. The van der Waals surface area contributed by atoms with Gasteiger partial charge in [-0.2, -0.15) is 0 Å². The first-order valence-electron chi connectivity index (χ1n) is 19.1. The Morgan fingerprint density at radius 1 is 0.357 bits per heavy atom. The molecule has 0 N–H and O–H groups in total. The van der Waals surface area contributed by atoms with E-state index in [9.17, 15) is 0 Å². The van der Waals surface area contributed by atoms with Crippen LogP contribution in [0.1, 0.15) is 22.6 Å². The summed E-state index contributed by atoms with van der Waals surface area (Å²) < 4.78 is 13.6. The van der Waals surface area contributed by atoms with E-state index in [2.05, 4.69) is 199 Å². The molecule has 0 aliphatic carbocycles. The third-order valence-corrected chi connectivity index (χ3v) is 11.1. The molecule has 2 aromatic heterocycles. The van der Waals surface area contributed by atoms with Crippen LogP contribution in [-0.2, 0) is 0 Å². The molecule has 11 rings (SSSR count). The van der Waals surface area contributed by atoms with Gasteiger partial charge in [0.1, 0.15) is 22.3 Å². The first-order valence-corrected chi connectivity index (χ1v) is 19.1. The minimum atomic E-state index is -0.131. The average molecular weight is 718 g/mol. The summed E-state index contributed by atoms with van der Waals surface area (Å²) in [7, 11) is 0. The molecule has 11 aromatic rings. The quantitative estimate of drug-likeness (QED) is 0.154. The van der Waals surface area contributed by atoms with Gasteiger partial charge in [0.05, 0.1) is 0 Å². The molecule has 264 valence electrons. The Morgan fingerprint density at radius 3 is 1.75 bits per heavy atom. The van der Waals surface area contributed by atoms with Gasteiger partial charge in [-0.3, -0.25) is 0 Å². The van der Waals surface area contributed by atoms with E-state index in [0.29, 0.717) is 0 Å². The molecule has 0 saturated heterocycles. The lowest BCUT2D eigenvalue weighted by molar-refractivity contribution is 0.668. The van der Waals surface area contributed by atoms with Crippen molar-refractivity contribution in [3.8, 4) is 11.1 Å². The summed E-state index contributed by atoms with van der Waals surface area (Å²) in [6.45, 7) is 0. The molecule has 0 radical (unpaired) electrons. The number of benzene rings is 9. The number of nitrogens with zero attached hydrogens (tertiary/aromatic N) is 1. The smallest absolute Gasteiger partial charge is 0.143 e. The highest BCUT2D eigenvalue weighted by Crippen LogP contribution is 2.46. The number of rotatable bonds is 7. The van der Waals surface area contributed by atoms with Crippen molar-refractivity contribution in [3.05, 3.63) is 223 Å². The summed E-state index contributed by atoms with van der Waals surface area (Å²) in [4.78, 5) is 2.28. The van der Waals surface area contributed by atoms with Crippen LogP contribution >= 0.6 is 0 Å². The van der Waals surface area contributed by atoms with Gasteiger partial charge in [-0.05, 0) is 87.8 Å². The fourth-order valence-corrected chi connectivity index (χ4v) is 8.60. The molecule has 56 heavy (non-hydrogen) atoms. The number of anilines is 3. The predicted octanol–water partition coefficient (Wildman–Crippen LogP) is 15.0. The number of fused-ring (bicyclic) bond motifs is 8. The molecule has 0 amide bonds. The van der Waals surface area contributed by atoms with Crippen LogP contribution < -0.4 is 4.90 Å². The minimum absolute atomic E-state index is 0.131. The predicted molar refractivity (Wildman–Crippen MR) is 232 cm³/mol. The molecule has 0 spiro atoms. The summed E-state index contributed by atoms with van der Waals surface area (Å²) in [6, 6.07) is 73.3. The summed E-state index contributed by atoms with van der Waals surface area (Å²) in [5, 5.41) is 6.68. The first kappa shape index (κ1) is 32.1. The third kappa shape index (κ3) is 5.36. The highest BCUT2D eigenvalue weighted by Gasteiger charge is 2.26. The molecule has 0 aliphatic rings. The molecule has 9 aromatic carbocycles. The summed E-state index contributed by atoms with van der Waals surface area (Å²) >= 11 is 0. The Labute approximate surface area is 324 Å². The average Bonchev–Trinajstić information content (AvgIpc) is 3.84. The molecule has 2 heterocycles. The van der Waals surface area contributed by atoms with E-state index in [1.807, 2.05) is 12.1 Å². The zero-order valence-corrected chi connectivity index (χ0v) is 30.5. The van der Waals surface area contributed by atoms with Crippen molar-refractivity contribution in [2.24, 2.45) is 0 Å². The molecule has 3 nitrogen and oxygen atoms in total. The van der Waals surface area contributed by atoms with E-state index in [0.717, 1.165) is 77.3 Å². The zero-order valence-electron chi connectivity index (χ0n) is 30.5. The molecule has 1 atom stereocenters. The summed E-state index contributed by atoms with van der Waals surface area (Å²) in [6.07, 6.45) is 0. The normalized spacial score (nSPS) is 12.2. The van der Waals surface area contributed by atoms with Gasteiger partial charge in [0.15, 0.2) is 0 Å². The van der Waals surface area contributed by atoms with Gasteiger partial charge in [-0.25, -0.2) is 0 Å².